The number of ether oxygens (including phenoxy) is 1. The van der Waals surface area contributed by atoms with E-state index in [-0.39, 0.29) is 10.9 Å². The van der Waals surface area contributed by atoms with Crippen molar-refractivity contribution >= 4 is 101 Å². The minimum atomic E-state index is -0.443. The van der Waals surface area contributed by atoms with Gasteiger partial charge in [-0.15, -0.1) is 0 Å². The highest BCUT2D eigenvalue weighted by Crippen LogP contribution is 2.35. The molecule has 3 aromatic rings. The first-order chi connectivity index (χ1) is 16.7. The van der Waals surface area contributed by atoms with Gasteiger partial charge in [0.15, 0.2) is 4.32 Å². The van der Waals surface area contributed by atoms with E-state index in [0.717, 1.165) is 31.3 Å². The van der Waals surface area contributed by atoms with Crippen molar-refractivity contribution in [3.05, 3.63) is 101 Å². The predicted molar refractivity (Wildman–Crippen MR) is 152 cm³/mol. The maximum atomic E-state index is 13.0. The zero-order chi connectivity index (χ0) is 25.1. The summed E-state index contributed by atoms with van der Waals surface area (Å²) in [6.07, 6.45) is 1.68. The van der Waals surface area contributed by atoms with Crippen LogP contribution in [0, 0.1) is 0 Å². The molecule has 1 aliphatic heterocycles. The Morgan fingerprint density at radius 3 is 2.49 bits per heavy atom. The molecular formula is C24H14Br2Cl2N2O3S2. The molecule has 0 aromatic heterocycles. The van der Waals surface area contributed by atoms with Crippen LogP contribution in [0.1, 0.15) is 21.5 Å². The van der Waals surface area contributed by atoms with E-state index in [1.165, 1.54) is 0 Å². The Morgan fingerprint density at radius 1 is 1.06 bits per heavy atom. The number of benzene rings is 3. The molecular weight excluding hydrogens is 659 g/mol. The molecule has 1 saturated heterocycles. The van der Waals surface area contributed by atoms with Crippen molar-refractivity contribution in [3.63, 3.8) is 0 Å². The lowest BCUT2D eigenvalue weighted by atomic mass is 10.1. The molecule has 0 bridgehead atoms. The number of rotatable bonds is 6. The van der Waals surface area contributed by atoms with E-state index in [0.29, 0.717) is 31.8 Å². The highest BCUT2D eigenvalue weighted by atomic mass is 79.9. The van der Waals surface area contributed by atoms with Crippen LogP contribution in [0.15, 0.2) is 74.5 Å². The van der Waals surface area contributed by atoms with E-state index in [9.17, 15) is 9.59 Å². The number of halogens is 4. The first kappa shape index (κ1) is 26.2. The number of thiocarbonyl (C=S) groups is 1. The number of thioether (sulfide) groups is 1. The third kappa shape index (κ3) is 6.47. The monoisotopic (exact) mass is 670 g/mol. The molecule has 1 heterocycles. The number of nitrogens with one attached hydrogen (secondary N) is 1. The number of hydrogen-bond acceptors (Lipinski definition) is 5. The number of carbonyl (C=O) groups is 2. The van der Waals surface area contributed by atoms with Gasteiger partial charge in [0.05, 0.1) is 4.91 Å². The van der Waals surface area contributed by atoms with Crippen molar-refractivity contribution < 1.29 is 14.3 Å². The quantitative estimate of drug-likeness (QED) is 0.216. The fourth-order valence-corrected chi connectivity index (χ4v) is 5.31. The fourth-order valence-electron chi connectivity index (χ4n) is 3.03. The minimum Gasteiger partial charge on any atom is -0.488 e. The first-order valence-corrected chi connectivity index (χ1v) is 13.5. The molecule has 0 unspecified atom stereocenters. The summed E-state index contributed by atoms with van der Waals surface area (Å²) in [5.41, 5.74) is 4.40. The lowest BCUT2D eigenvalue weighted by Crippen LogP contribution is -2.44. The Labute approximate surface area is 238 Å². The Hall–Kier alpha value is -1.88. The van der Waals surface area contributed by atoms with Crippen molar-refractivity contribution in [3.8, 4) is 5.75 Å². The van der Waals surface area contributed by atoms with Crippen LogP contribution in [-0.2, 0) is 11.4 Å². The predicted octanol–water partition coefficient (Wildman–Crippen LogP) is 7.64. The maximum absolute atomic E-state index is 13.0. The van der Waals surface area contributed by atoms with E-state index in [4.69, 9.17) is 40.2 Å². The molecule has 0 radical (unpaired) electrons. The Bertz CT molecular complexity index is 1370. The van der Waals surface area contributed by atoms with Crippen LogP contribution in [0.4, 0.5) is 0 Å². The lowest BCUT2D eigenvalue weighted by Gasteiger charge is -2.15. The van der Waals surface area contributed by atoms with Crippen molar-refractivity contribution in [1.82, 2.24) is 10.4 Å². The van der Waals surface area contributed by atoms with Crippen molar-refractivity contribution in [2.24, 2.45) is 0 Å². The zero-order valence-electron chi connectivity index (χ0n) is 17.6. The second kappa shape index (κ2) is 11.5. The van der Waals surface area contributed by atoms with Gasteiger partial charge in [-0.25, -0.2) is 0 Å². The van der Waals surface area contributed by atoms with Crippen LogP contribution >= 0.6 is 79.0 Å². The second-order valence-electron chi connectivity index (χ2n) is 7.17. The number of hydrazine groups is 1. The van der Waals surface area contributed by atoms with Crippen LogP contribution in [0.5, 0.6) is 5.75 Å². The van der Waals surface area contributed by atoms with Gasteiger partial charge in [-0.2, -0.15) is 5.01 Å². The summed E-state index contributed by atoms with van der Waals surface area (Å²) in [4.78, 5) is 26.0. The maximum Gasteiger partial charge on any atom is 0.285 e. The molecule has 35 heavy (non-hydrogen) atoms. The van der Waals surface area contributed by atoms with E-state index in [1.807, 2.05) is 12.1 Å². The van der Waals surface area contributed by atoms with Gasteiger partial charge < -0.3 is 4.74 Å². The summed E-state index contributed by atoms with van der Waals surface area (Å²) >= 11 is 25.4. The summed E-state index contributed by atoms with van der Waals surface area (Å²) in [6.45, 7) is 0.211. The first-order valence-electron chi connectivity index (χ1n) is 9.92. The molecule has 3 aromatic carbocycles. The van der Waals surface area contributed by atoms with Gasteiger partial charge in [-0.1, -0.05) is 72.9 Å². The highest BCUT2D eigenvalue weighted by molar-refractivity contribution is 9.10. The van der Waals surface area contributed by atoms with Gasteiger partial charge >= 0.3 is 0 Å². The Balaban J connectivity index is 1.53. The molecule has 0 saturated carbocycles. The SMILES string of the molecule is O=C(NN1C(=O)/C(=C\c2cc(Br)ccc2OCc2ccc(Cl)cc2Cl)SC1=S)c1ccc(Br)cc1. The molecule has 4 rings (SSSR count). The smallest absolute Gasteiger partial charge is 0.285 e. The molecule has 5 nitrogen and oxygen atoms in total. The van der Waals surface area contributed by atoms with Crippen molar-refractivity contribution in [1.29, 1.82) is 0 Å². The topological polar surface area (TPSA) is 58.6 Å². The van der Waals surface area contributed by atoms with Gasteiger partial charge in [0.2, 0.25) is 0 Å². The van der Waals surface area contributed by atoms with Crippen LogP contribution in [0.25, 0.3) is 6.08 Å². The molecule has 0 spiro atoms. The van der Waals surface area contributed by atoms with Crippen molar-refractivity contribution in [2.75, 3.05) is 0 Å². The standard InChI is InChI=1S/C24H14Br2Cl2N2O3S2/c25-16-4-1-13(2-5-16)22(31)29-30-23(32)21(35-24(30)34)10-15-9-17(26)6-8-20(15)33-12-14-3-7-18(27)11-19(14)28/h1-11H,12H2,(H,29,31)/b21-10+. The second-order valence-corrected chi connectivity index (χ2v) is 11.5. The molecule has 178 valence electrons. The number of carbonyl (C=O) groups excluding carboxylic acids is 2. The number of nitrogens with zero attached hydrogens (tertiary/aromatic N) is 1. The third-order valence-electron chi connectivity index (χ3n) is 4.77. The molecule has 0 atom stereocenters. The van der Waals surface area contributed by atoms with E-state index < -0.39 is 11.8 Å². The highest BCUT2D eigenvalue weighted by Gasteiger charge is 2.34. The average Bonchev–Trinajstić information content (AvgIpc) is 3.07. The third-order valence-corrected chi connectivity index (χ3v) is 7.68. The van der Waals surface area contributed by atoms with Crippen LogP contribution < -0.4 is 10.2 Å². The largest absolute Gasteiger partial charge is 0.488 e. The summed E-state index contributed by atoms with van der Waals surface area (Å²) in [5, 5.41) is 2.11. The van der Waals surface area contributed by atoms with Gasteiger partial charge in [-0.05, 0) is 72.9 Å². The summed E-state index contributed by atoms with van der Waals surface area (Å²) < 4.78 is 7.86. The van der Waals surface area contributed by atoms with Crippen molar-refractivity contribution in [2.45, 2.75) is 6.61 Å². The van der Waals surface area contributed by atoms with Crippen LogP contribution in [0.2, 0.25) is 10.0 Å². The molecule has 11 heteroatoms. The molecule has 1 fully saturated rings. The fraction of sp³-hybridized carbons (Fsp3) is 0.0417. The zero-order valence-corrected chi connectivity index (χ0v) is 23.9. The van der Waals surface area contributed by atoms with E-state index >= 15 is 0 Å². The number of hydrogen-bond donors (Lipinski definition) is 1. The van der Waals surface area contributed by atoms with Gasteiger partial charge in [0.1, 0.15) is 12.4 Å². The average molecular weight is 673 g/mol. The Kier molecular flexibility index (Phi) is 8.57. The van der Waals surface area contributed by atoms with Crippen LogP contribution in [0.3, 0.4) is 0 Å². The summed E-state index contributed by atoms with van der Waals surface area (Å²) in [6, 6.07) is 17.4. The molecule has 2 amide bonds. The number of amides is 2. The molecule has 0 aliphatic carbocycles. The summed E-state index contributed by atoms with van der Waals surface area (Å²) in [7, 11) is 0. The van der Waals surface area contributed by atoms with E-state index in [2.05, 4.69) is 37.3 Å². The minimum absolute atomic E-state index is 0.211. The van der Waals surface area contributed by atoms with Gasteiger partial charge in [0.25, 0.3) is 11.8 Å². The Morgan fingerprint density at radius 2 is 1.77 bits per heavy atom. The van der Waals surface area contributed by atoms with Gasteiger partial charge in [-0.3, -0.25) is 15.0 Å². The molecule has 1 N–H and O–H groups in total. The molecule has 1 aliphatic rings. The van der Waals surface area contributed by atoms with Gasteiger partial charge in [0, 0.05) is 35.7 Å². The van der Waals surface area contributed by atoms with Crippen LogP contribution in [-0.4, -0.2) is 21.1 Å². The summed E-state index contributed by atoms with van der Waals surface area (Å²) in [5.74, 6) is -0.332. The lowest BCUT2D eigenvalue weighted by molar-refractivity contribution is -0.123. The normalized spacial score (nSPS) is 14.5. The van der Waals surface area contributed by atoms with E-state index in [1.54, 1.807) is 54.6 Å².